The van der Waals surface area contributed by atoms with Crippen LogP contribution in [0.4, 0.5) is 0 Å². The molecule has 1 heterocycles. The molecule has 0 aromatic heterocycles. The standard InChI is InChI=1S/C7H12O9S/c1-14-5-4(8)3(16-17(11,12)13)2-15-6(5)7(9)10/h3-6,8H,2H2,1H3,(H,9,10)(H,11,12,13)/p-1. The van der Waals surface area contributed by atoms with Gasteiger partial charge in [0.05, 0.1) is 12.6 Å². The van der Waals surface area contributed by atoms with Crippen molar-refractivity contribution in [3.05, 3.63) is 0 Å². The highest BCUT2D eigenvalue weighted by atomic mass is 32.3. The monoisotopic (exact) mass is 271 g/mol. The molecule has 2 N–H and O–H groups in total. The Kier molecular flexibility index (Phi) is 4.41. The molecule has 4 unspecified atom stereocenters. The number of carboxylic acid groups (broad SMARTS) is 1. The van der Waals surface area contributed by atoms with E-state index in [4.69, 9.17) is 9.29 Å². The molecular formula is C7H11O9S-. The highest BCUT2D eigenvalue weighted by Crippen LogP contribution is 2.21. The van der Waals surface area contributed by atoms with Crippen molar-refractivity contribution in [3.63, 3.8) is 0 Å². The van der Waals surface area contributed by atoms with Crippen LogP contribution in [0.2, 0.25) is 0 Å². The maximum Gasteiger partial charge on any atom is 0.397 e. The lowest BCUT2D eigenvalue weighted by atomic mass is 10.00. The van der Waals surface area contributed by atoms with Gasteiger partial charge < -0.3 is 24.5 Å². The van der Waals surface area contributed by atoms with E-state index in [9.17, 15) is 23.4 Å². The summed E-state index contributed by atoms with van der Waals surface area (Å²) >= 11 is 0. The molecule has 10 heteroatoms. The smallest absolute Gasteiger partial charge is 0.397 e. The molecule has 0 spiro atoms. The molecular weight excluding hydrogens is 260 g/mol. The summed E-state index contributed by atoms with van der Waals surface area (Å²) < 4.78 is 42.8. The Morgan fingerprint density at radius 2 is 2.12 bits per heavy atom. The molecule has 0 aliphatic carbocycles. The van der Waals surface area contributed by atoms with Crippen LogP contribution in [0.1, 0.15) is 0 Å². The zero-order valence-electron chi connectivity index (χ0n) is 8.68. The number of carbonyl (C=O) groups excluding carboxylic acids is 1. The zero-order valence-corrected chi connectivity index (χ0v) is 9.49. The largest absolute Gasteiger partial charge is 0.547 e. The molecule has 100 valence electrons. The van der Waals surface area contributed by atoms with Gasteiger partial charge in [0.15, 0.2) is 0 Å². The maximum absolute atomic E-state index is 10.6. The fourth-order valence-electron chi connectivity index (χ4n) is 1.49. The van der Waals surface area contributed by atoms with Gasteiger partial charge in [0, 0.05) is 7.11 Å². The summed E-state index contributed by atoms with van der Waals surface area (Å²) in [6, 6.07) is 0. The van der Waals surface area contributed by atoms with E-state index in [0.29, 0.717) is 0 Å². The average Bonchev–Trinajstić information content (AvgIpc) is 2.18. The van der Waals surface area contributed by atoms with Gasteiger partial charge in [0.25, 0.3) is 0 Å². The van der Waals surface area contributed by atoms with E-state index in [1.54, 1.807) is 0 Å². The highest BCUT2D eigenvalue weighted by Gasteiger charge is 2.42. The number of rotatable bonds is 4. The van der Waals surface area contributed by atoms with Crippen molar-refractivity contribution < 1.29 is 41.6 Å². The molecule has 1 fully saturated rings. The summed E-state index contributed by atoms with van der Waals surface area (Å²) in [5.74, 6) is -1.61. The molecule has 1 aliphatic heterocycles. The number of aliphatic carboxylic acids is 1. The minimum Gasteiger partial charge on any atom is -0.547 e. The summed E-state index contributed by atoms with van der Waals surface area (Å²) in [5, 5.41) is 20.2. The van der Waals surface area contributed by atoms with Gasteiger partial charge in [0.2, 0.25) is 0 Å². The third kappa shape index (κ3) is 3.59. The number of ether oxygens (including phenoxy) is 2. The van der Waals surface area contributed by atoms with E-state index in [0.717, 1.165) is 7.11 Å². The van der Waals surface area contributed by atoms with Crippen LogP contribution in [0.25, 0.3) is 0 Å². The second-order valence-corrected chi connectivity index (χ2v) is 4.37. The van der Waals surface area contributed by atoms with Gasteiger partial charge in [-0.25, -0.2) is 4.18 Å². The highest BCUT2D eigenvalue weighted by molar-refractivity contribution is 7.80. The second kappa shape index (κ2) is 5.25. The predicted octanol–water partition coefficient (Wildman–Crippen LogP) is -3.30. The van der Waals surface area contributed by atoms with Gasteiger partial charge in [0.1, 0.15) is 24.4 Å². The molecule has 0 aromatic carbocycles. The van der Waals surface area contributed by atoms with Gasteiger partial charge in [-0.1, -0.05) is 0 Å². The Morgan fingerprint density at radius 1 is 1.53 bits per heavy atom. The van der Waals surface area contributed by atoms with Crippen molar-refractivity contribution in [2.45, 2.75) is 24.4 Å². The normalized spacial score (nSPS) is 34.5. The average molecular weight is 271 g/mol. The third-order valence-corrected chi connectivity index (χ3v) is 2.70. The Labute approximate surface area is 96.9 Å². The predicted molar refractivity (Wildman–Crippen MR) is 48.0 cm³/mol. The van der Waals surface area contributed by atoms with Crippen molar-refractivity contribution in [2.75, 3.05) is 13.7 Å². The SMILES string of the molecule is COC1C(C(=O)[O-])OCC(OS(=O)(=O)O)C1O. The zero-order chi connectivity index (χ0) is 13.2. The van der Waals surface area contributed by atoms with Crippen LogP contribution in [-0.2, 0) is 28.9 Å². The van der Waals surface area contributed by atoms with Crippen molar-refractivity contribution in [2.24, 2.45) is 0 Å². The quantitative estimate of drug-likeness (QED) is 0.502. The van der Waals surface area contributed by atoms with Crippen molar-refractivity contribution in [1.82, 2.24) is 0 Å². The minimum atomic E-state index is -4.78. The summed E-state index contributed by atoms with van der Waals surface area (Å²) in [4.78, 5) is 10.6. The van der Waals surface area contributed by atoms with Crippen molar-refractivity contribution in [3.8, 4) is 0 Å². The minimum absolute atomic E-state index is 0.542. The second-order valence-electron chi connectivity index (χ2n) is 3.33. The topological polar surface area (TPSA) is 142 Å². The molecule has 1 aliphatic rings. The van der Waals surface area contributed by atoms with E-state index in [2.05, 4.69) is 8.92 Å². The number of methoxy groups -OCH3 is 1. The van der Waals surface area contributed by atoms with Gasteiger partial charge in [-0.3, -0.25) is 4.55 Å². The fourth-order valence-corrected chi connectivity index (χ4v) is 1.97. The molecule has 0 saturated carbocycles. The molecule has 0 aromatic rings. The number of aliphatic hydroxyl groups excluding tert-OH is 1. The molecule has 1 saturated heterocycles. The number of hydrogen-bond acceptors (Lipinski definition) is 8. The summed E-state index contributed by atoms with van der Waals surface area (Å²) in [7, 11) is -3.68. The van der Waals surface area contributed by atoms with E-state index >= 15 is 0 Å². The van der Waals surface area contributed by atoms with Crippen molar-refractivity contribution in [1.29, 1.82) is 0 Å². The summed E-state index contributed by atoms with van der Waals surface area (Å²) in [6.45, 7) is -0.542. The first-order valence-electron chi connectivity index (χ1n) is 4.45. The lowest BCUT2D eigenvalue weighted by Gasteiger charge is -2.38. The van der Waals surface area contributed by atoms with E-state index in [-0.39, 0.29) is 0 Å². The maximum atomic E-state index is 10.6. The lowest BCUT2D eigenvalue weighted by molar-refractivity contribution is -0.328. The van der Waals surface area contributed by atoms with Gasteiger partial charge >= 0.3 is 10.4 Å². The molecule has 1 rings (SSSR count). The Bertz CT molecular complexity index is 377. The van der Waals surface area contributed by atoms with Crippen LogP contribution in [0, 0.1) is 0 Å². The van der Waals surface area contributed by atoms with Crippen LogP contribution < -0.4 is 5.11 Å². The molecule has 4 atom stereocenters. The summed E-state index contributed by atoms with van der Waals surface area (Å²) in [5.41, 5.74) is 0. The van der Waals surface area contributed by atoms with Crippen LogP contribution in [0.5, 0.6) is 0 Å². The third-order valence-electron chi connectivity index (χ3n) is 2.21. The van der Waals surface area contributed by atoms with Gasteiger partial charge in [-0.2, -0.15) is 8.42 Å². The first-order valence-corrected chi connectivity index (χ1v) is 5.82. The number of carbonyl (C=O) groups is 1. The van der Waals surface area contributed by atoms with Crippen LogP contribution in [-0.4, -0.2) is 62.2 Å². The number of carboxylic acids is 1. The van der Waals surface area contributed by atoms with Crippen LogP contribution in [0.15, 0.2) is 0 Å². The molecule has 0 amide bonds. The number of hydrogen-bond donors (Lipinski definition) is 2. The lowest BCUT2D eigenvalue weighted by Crippen LogP contribution is -2.60. The van der Waals surface area contributed by atoms with Gasteiger partial charge in [-0.05, 0) is 0 Å². The van der Waals surface area contributed by atoms with Crippen LogP contribution >= 0.6 is 0 Å². The van der Waals surface area contributed by atoms with Crippen LogP contribution in [0.3, 0.4) is 0 Å². The first-order chi connectivity index (χ1) is 7.76. The van der Waals surface area contributed by atoms with E-state index in [1.165, 1.54) is 0 Å². The Hall–Kier alpha value is -0.780. The Balaban J connectivity index is 2.80. The van der Waals surface area contributed by atoms with Gasteiger partial charge in [-0.15, -0.1) is 0 Å². The van der Waals surface area contributed by atoms with E-state index < -0.39 is 47.4 Å². The van der Waals surface area contributed by atoms with Crippen molar-refractivity contribution >= 4 is 16.4 Å². The number of aliphatic hydroxyl groups is 1. The molecule has 0 bridgehead atoms. The first kappa shape index (κ1) is 14.3. The molecule has 0 radical (unpaired) electrons. The summed E-state index contributed by atoms with van der Waals surface area (Å²) in [6.07, 6.45) is -5.96. The Morgan fingerprint density at radius 3 is 2.53 bits per heavy atom. The molecule has 17 heavy (non-hydrogen) atoms. The van der Waals surface area contributed by atoms with E-state index in [1.807, 2.05) is 0 Å². The molecule has 9 nitrogen and oxygen atoms in total. The fraction of sp³-hybridized carbons (Fsp3) is 0.857.